The molecular formula is C9H19NO2. The summed E-state index contributed by atoms with van der Waals surface area (Å²) in [5.41, 5.74) is 0. The minimum Gasteiger partial charge on any atom is -0.396 e. The Morgan fingerprint density at radius 1 is 1.42 bits per heavy atom. The second-order valence-corrected chi connectivity index (χ2v) is 3.54. The first kappa shape index (κ1) is 11.4. The highest BCUT2D eigenvalue weighted by molar-refractivity contribution is 5.78. The fraction of sp³-hybridized carbons (Fsp3) is 0.889. The van der Waals surface area contributed by atoms with Crippen molar-refractivity contribution in [1.82, 2.24) is 5.32 Å². The quantitative estimate of drug-likeness (QED) is 0.655. The van der Waals surface area contributed by atoms with E-state index in [0.29, 0.717) is 0 Å². The first-order valence-corrected chi connectivity index (χ1v) is 4.37. The Hall–Kier alpha value is -0.570. The molecule has 0 aliphatic carbocycles. The fourth-order valence-electron chi connectivity index (χ4n) is 1.50. The number of aliphatic hydroxyl groups excluding tert-OH is 1. The Morgan fingerprint density at radius 3 is 2.17 bits per heavy atom. The first-order valence-electron chi connectivity index (χ1n) is 4.37. The van der Waals surface area contributed by atoms with Gasteiger partial charge >= 0.3 is 0 Å². The lowest BCUT2D eigenvalue weighted by atomic mass is 9.84. The number of hydrogen-bond donors (Lipinski definition) is 2. The normalized spacial score (nSPS) is 15.8. The molecule has 0 aromatic rings. The highest BCUT2D eigenvalue weighted by atomic mass is 16.3. The molecule has 0 heterocycles. The highest BCUT2D eigenvalue weighted by Crippen LogP contribution is 2.20. The second kappa shape index (κ2) is 5.14. The monoisotopic (exact) mass is 173 g/mol. The van der Waals surface area contributed by atoms with Crippen LogP contribution in [0.3, 0.4) is 0 Å². The predicted octanol–water partition coefficient (Wildman–Crippen LogP) is 0.633. The minimum atomic E-state index is -0.0833. The Labute approximate surface area is 74.2 Å². The van der Waals surface area contributed by atoms with Gasteiger partial charge in [0.25, 0.3) is 0 Å². The Balaban J connectivity index is 4.32. The molecule has 0 rings (SSSR count). The zero-order valence-corrected chi connectivity index (χ0v) is 8.29. The van der Waals surface area contributed by atoms with Crippen LogP contribution < -0.4 is 5.32 Å². The maximum atomic E-state index is 11.3. The molecule has 3 nitrogen and oxygen atoms in total. The van der Waals surface area contributed by atoms with Crippen molar-refractivity contribution in [3.05, 3.63) is 0 Å². The van der Waals surface area contributed by atoms with E-state index in [1.807, 2.05) is 20.8 Å². The van der Waals surface area contributed by atoms with Crippen molar-refractivity contribution in [3.8, 4) is 0 Å². The van der Waals surface area contributed by atoms with Gasteiger partial charge in [-0.2, -0.15) is 0 Å². The number of aliphatic hydroxyl groups is 1. The summed E-state index contributed by atoms with van der Waals surface area (Å²) in [5, 5.41) is 11.5. The molecule has 2 N–H and O–H groups in total. The van der Waals surface area contributed by atoms with Gasteiger partial charge in [-0.25, -0.2) is 0 Å². The summed E-state index contributed by atoms with van der Waals surface area (Å²) in [6.07, 6.45) is 0. The van der Waals surface area contributed by atoms with Gasteiger partial charge in [0.1, 0.15) is 0 Å². The highest BCUT2D eigenvalue weighted by Gasteiger charge is 2.26. The molecule has 0 aliphatic rings. The van der Waals surface area contributed by atoms with Crippen LogP contribution in [0.4, 0.5) is 0 Å². The lowest BCUT2D eigenvalue weighted by Crippen LogP contribution is -2.36. The molecule has 12 heavy (non-hydrogen) atoms. The molecule has 72 valence electrons. The molecule has 0 saturated heterocycles. The van der Waals surface area contributed by atoms with Crippen LogP contribution in [0.1, 0.15) is 20.8 Å². The maximum Gasteiger partial charge on any atom is 0.223 e. The molecule has 0 bridgehead atoms. The first-order chi connectivity index (χ1) is 5.54. The molecule has 2 unspecified atom stereocenters. The van der Waals surface area contributed by atoms with Gasteiger partial charge in [-0.1, -0.05) is 20.8 Å². The van der Waals surface area contributed by atoms with Crippen molar-refractivity contribution in [2.24, 2.45) is 17.8 Å². The van der Waals surface area contributed by atoms with E-state index in [9.17, 15) is 4.79 Å². The topological polar surface area (TPSA) is 49.3 Å². The SMILES string of the molecule is CNC(=O)C(C(C)C)C(C)CO. The zero-order valence-electron chi connectivity index (χ0n) is 8.29. The number of rotatable bonds is 4. The van der Waals surface area contributed by atoms with Crippen LogP contribution in [0.15, 0.2) is 0 Å². The summed E-state index contributed by atoms with van der Waals surface area (Å²) in [7, 11) is 1.63. The molecule has 2 atom stereocenters. The van der Waals surface area contributed by atoms with Crippen LogP contribution >= 0.6 is 0 Å². The molecule has 0 fully saturated rings. The summed E-state index contributed by atoms with van der Waals surface area (Å²) in [5.74, 6) is 0.239. The Morgan fingerprint density at radius 2 is 1.92 bits per heavy atom. The molecule has 0 radical (unpaired) electrons. The van der Waals surface area contributed by atoms with E-state index < -0.39 is 0 Å². The van der Waals surface area contributed by atoms with E-state index in [-0.39, 0.29) is 30.3 Å². The average Bonchev–Trinajstić information content (AvgIpc) is 2.03. The van der Waals surface area contributed by atoms with Gasteiger partial charge in [-0.05, 0) is 11.8 Å². The number of carbonyl (C=O) groups excluding carboxylic acids is 1. The standard InChI is InChI=1S/C9H19NO2/c1-6(2)8(7(3)5-11)9(12)10-4/h6-8,11H,5H2,1-4H3,(H,10,12). The third-order valence-corrected chi connectivity index (χ3v) is 2.17. The summed E-state index contributed by atoms with van der Waals surface area (Å²) >= 11 is 0. The van der Waals surface area contributed by atoms with E-state index in [1.54, 1.807) is 7.05 Å². The van der Waals surface area contributed by atoms with E-state index in [2.05, 4.69) is 5.32 Å². The smallest absolute Gasteiger partial charge is 0.223 e. The van der Waals surface area contributed by atoms with E-state index in [4.69, 9.17) is 5.11 Å². The summed E-state index contributed by atoms with van der Waals surface area (Å²) in [4.78, 5) is 11.3. The van der Waals surface area contributed by atoms with Gasteiger partial charge in [0.05, 0.1) is 0 Å². The second-order valence-electron chi connectivity index (χ2n) is 3.54. The van der Waals surface area contributed by atoms with Crippen LogP contribution in [0.2, 0.25) is 0 Å². The van der Waals surface area contributed by atoms with Crippen LogP contribution in [-0.4, -0.2) is 24.7 Å². The average molecular weight is 173 g/mol. The summed E-state index contributed by atoms with van der Waals surface area (Å²) < 4.78 is 0. The van der Waals surface area contributed by atoms with Gasteiger partial charge in [0, 0.05) is 19.6 Å². The lowest BCUT2D eigenvalue weighted by molar-refractivity contribution is -0.128. The Kier molecular flexibility index (Phi) is 4.90. The largest absolute Gasteiger partial charge is 0.396 e. The van der Waals surface area contributed by atoms with Gasteiger partial charge in [0.15, 0.2) is 0 Å². The molecule has 0 aromatic carbocycles. The van der Waals surface area contributed by atoms with Crippen molar-refractivity contribution < 1.29 is 9.90 Å². The van der Waals surface area contributed by atoms with E-state index in [0.717, 1.165) is 0 Å². The fourth-order valence-corrected chi connectivity index (χ4v) is 1.50. The van der Waals surface area contributed by atoms with Crippen LogP contribution in [0.5, 0.6) is 0 Å². The van der Waals surface area contributed by atoms with Crippen molar-refractivity contribution in [2.75, 3.05) is 13.7 Å². The number of carbonyl (C=O) groups is 1. The van der Waals surface area contributed by atoms with Crippen LogP contribution in [0.25, 0.3) is 0 Å². The van der Waals surface area contributed by atoms with E-state index in [1.165, 1.54) is 0 Å². The molecule has 1 amide bonds. The summed E-state index contributed by atoms with van der Waals surface area (Å²) in [6.45, 7) is 5.94. The van der Waals surface area contributed by atoms with Gasteiger partial charge < -0.3 is 10.4 Å². The van der Waals surface area contributed by atoms with Crippen LogP contribution in [0, 0.1) is 17.8 Å². The van der Waals surface area contributed by atoms with Crippen LogP contribution in [-0.2, 0) is 4.79 Å². The Bertz CT molecular complexity index is 145. The molecule has 0 saturated carbocycles. The molecular weight excluding hydrogens is 154 g/mol. The number of amides is 1. The molecule has 3 heteroatoms. The third-order valence-electron chi connectivity index (χ3n) is 2.17. The minimum absolute atomic E-state index is 0.0200. The zero-order chi connectivity index (χ0) is 9.72. The van der Waals surface area contributed by atoms with E-state index >= 15 is 0 Å². The van der Waals surface area contributed by atoms with Gasteiger partial charge in [0.2, 0.25) is 5.91 Å². The number of hydrogen-bond acceptors (Lipinski definition) is 2. The van der Waals surface area contributed by atoms with Gasteiger partial charge in [-0.15, -0.1) is 0 Å². The van der Waals surface area contributed by atoms with Gasteiger partial charge in [-0.3, -0.25) is 4.79 Å². The summed E-state index contributed by atoms with van der Waals surface area (Å²) in [6, 6.07) is 0. The third kappa shape index (κ3) is 2.81. The maximum absolute atomic E-state index is 11.3. The molecule has 0 aromatic heterocycles. The van der Waals surface area contributed by atoms with Crippen molar-refractivity contribution in [3.63, 3.8) is 0 Å². The van der Waals surface area contributed by atoms with Crippen molar-refractivity contribution in [2.45, 2.75) is 20.8 Å². The predicted molar refractivity (Wildman–Crippen MR) is 48.6 cm³/mol. The molecule has 0 spiro atoms. The number of nitrogens with one attached hydrogen (secondary N) is 1. The lowest BCUT2D eigenvalue weighted by Gasteiger charge is -2.24. The van der Waals surface area contributed by atoms with Crippen molar-refractivity contribution >= 4 is 5.91 Å². The molecule has 0 aliphatic heterocycles. The van der Waals surface area contributed by atoms with Crippen molar-refractivity contribution in [1.29, 1.82) is 0 Å².